The third-order valence-electron chi connectivity index (χ3n) is 4.29. The molecule has 2 aromatic carbocycles. The molecule has 7 heteroatoms. The second-order valence-corrected chi connectivity index (χ2v) is 6.20. The van der Waals surface area contributed by atoms with Gasteiger partial charge in [-0.15, -0.1) is 5.10 Å². The summed E-state index contributed by atoms with van der Waals surface area (Å²) >= 11 is 0. The fraction of sp³-hybridized carbons (Fsp3) is 0.143. The minimum Gasteiger partial charge on any atom is -0.497 e. The zero-order chi connectivity index (χ0) is 19.2. The normalized spacial score (nSPS) is 10.6. The van der Waals surface area contributed by atoms with Gasteiger partial charge in [0, 0.05) is 18.1 Å². The van der Waals surface area contributed by atoms with Gasteiger partial charge in [0.25, 0.3) is 0 Å². The van der Waals surface area contributed by atoms with Gasteiger partial charge >= 0.3 is 0 Å². The van der Waals surface area contributed by atoms with Crippen LogP contribution in [0.4, 0.5) is 17.5 Å². The molecule has 4 rings (SSSR count). The molecule has 2 aromatic heterocycles. The lowest BCUT2D eigenvalue weighted by atomic mass is 10.1. The Morgan fingerprint density at radius 2 is 1.93 bits per heavy atom. The number of nitrogens with one attached hydrogen (secondary N) is 2. The van der Waals surface area contributed by atoms with E-state index in [-0.39, 0.29) is 0 Å². The van der Waals surface area contributed by atoms with Crippen LogP contribution in [-0.4, -0.2) is 33.8 Å². The molecular formula is C21H20N6O. The first-order valence-corrected chi connectivity index (χ1v) is 8.99. The van der Waals surface area contributed by atoms with Crippen LogP contribution in [0, 0.1) is 0 Å². The summed E-state index contributed by atoms with van der Waals surface area (Å²) in [5.41, 5.74) is 2.90. The minimum absolute atomic E-state index is 0.421. The summed E-state index contributed by atoms with van der Waals surface area (Å²) in [5, 5.41) is 15.6. The number of anilines is 3. The quantitative estimate of drug-likeness (QED) is 0.510. The topological polar surface area (TPSA) is 84.9 Å². The largest absolute Gasteiger partial charge is 0.497 e. The van der Waals surface area contributed by atoms with E-state index in [0.29, 0.717) is 11.8 Å². The van der Waals surface area contributed by atoms with E-state index in [0.717, 1.165) is 35.3 Å². The van der Waals surface area contributed by atoms with Crippen molar-refractivity contribution in [1.29, 1.82) is 0 Å². The molecule has 0 radical (unpaired) electrons. The lowest BCUT2D eigenvalue weighted by Gasteiger charge is -2.09. The monoisotopic (exact) mass is 372 g/mol. The lowest BCUT2D eigenvalue weighted by molar-refractivity contribution is 0.414. The van der Waals surface area contributed by atoms with Crippen LogP contribution in [-0.2, 0) is 6.42 Å². The Morgan fingerprint density at radius 1 is 1.04 bits per heavy atom. The molecule has 0 aliphatic rings. The van der Waals surface area contributed by atoms with Crippen molar-refractivity contribution in [3.63, 3.8) is 0 Å². The Morgan fingerprint density at radius 3 is 2.86 bits per heavy atom. The maximum atomic E-state index is 5.26. The summed E-state index contributed by atoms with van der Waals surface area (Å²) in [7, 11) is 1.67. The van der Waals surface area contributed by atoms with E-state index in [1.54, 1.807) is 19.5 Å². The van der Waals surface area contributed by atoms with Gasteiger partial charge in [-0.2, -0.15) is 10.1 Å². The standard InChI is InChI=1S/C21H20N6O/c1-28-17-8-2-5-15(13-17)10-12-22-19-14-24-27-21(26-19)25-18-9-3-6-16-7-4-11-23-20(16)18/h2-9,11,13-14H,10,12H2,1H3,(H2,22,25,26,27). The Balaban J connectivity index is 1.43. The lowest BCUT2D eigenvalue weighted by Crippen LogP contribution is -2.09. The molecule has 0 saturated carbocycles. The van der Waals surface area contributed by atoms with E-state index in [4.69, 9.17) is 4.74 Å². The van der Waals surface area contributed by atoms with Gasteiger partial charge in [-0.05, 0) is 36.2 Å². The molecule has 7 nitrogen and oxygen atoms in total. The van der Waals surface area contributed by atoms with E-state index in [1.807, 2.05) is 48.5 Å². The SMILES string of the molecule is COc1cccc(CCNc2cnnc(Nc3cccc4cccnc34)n2)c1. The van der Waals surface area contributed by atoms with Crippen molar-refractivity contribution >= 4 is 28.4 Å². The Bertz CT molecular complexity index is 1080. The molecule has 0 aliphatic heterocycles. The van der Waals surface area contributed by atoms with Crippen molar-refractivity contribution in [2.45, 2.75) is 6.42 Å². The molecule has 0 fully saturated rings. The predicted octanol–water partition coefficient (Wildman–Crippen LogP) is 3.83. The van der Waals surface area contributed by atoms with Gasteiger partial charge in [0.2, 0.25) is 5.95 Å². The first-order chi connectivity index (χ1) is 13.8. The number of nitrogens with zero attached hydrogens (tertiary/aromatic N) is 4. The number of aromatic nitrogens is 4. The van der Waals surface area contributed by atoms with Crippen LogP contribution >= 0.6 is 0 Å². The molecule has 0 atom stereocenters. The maximum absolute atomic E-state index is 5.26. The number of hydrogen-bond acceptors (Lipinski definition) is 7. The number of hydrogen-bond donors (Lipinski definition) is 2. The fourth-order valence-corrected chi connectivity index (χ4v) is 2.93. The first-order valence-electron chi connectivity index (χ1n) is 8.99. The molecule has 0 bridgehead atoms. The Hall–Kier alpha value is -3.74. The van der Waals surface area contributed by atoms with Crippen molar-refractivity contribution < 1.29 is 4.74 Å². The van der Waals surface area contributed by atoms with Gasteiger partial charge in [0.05, 0.1) is 24.5 Å². The summed E-state index contributed by atoms with van der Waals surface area (Å²) < 4.78 is 5.26. The fourth-order valence-electron chi connectivity index (χ4n) is 2.93. The Kier molecular flexibility index (Phi) is 5.24. The maximum Gasteiger partial charge on any atom is 0.249 e. The van der Waals surface area contributed by atoms with E-state index in [9.17, 15) is 0 Å². The third kappa shape index (κ3) is 4.15. The minimum atomic E-state index is 0.421. The molecule has 28 heavy (non-hydrogen) atoms. The van der Waals surface area contributed by atoms with Gasteiger partial charge in [-0.1, -0.05) is 30.3 Å². The molecule has 0 unspecified atom stereocenters. The second-order valence-electron chi connectivity index (χ2n) is 6.20. The summed E-state index contributed by atoms with van der Waals surface area (Å²) in [5.74, 6) is 1.94. The zero-order valence-electron chi connectivity index (χ0n) is 15.5. The summed E-state index contributed by atoms with van der Waals surface area (Å²) in [6, 6.07) is 17.9. The van der Waals surface area contributed by atoms with Crippen LogP contribution in [0.15, 0.2) is 67.0 Å². The van der Waals surface area contributed by atoms with Gasteiger partial charge in [0.1, 0.15) is 5.75 Å². The number of methoxy groups -OCH3 is 1. The summed E-state index contributed by atoms with van der Waals surface area (Å²) in [6.07, 6.45) is 4.22. The molecule has 4 aromatic rings. The van der Waals surface area contributed by atoms with E-state index in [2.05, 4.69) is 36.9 Å². The highest BCUT2D eigenvalue weighted by molar-refractivity contribution is 5.91. The van der Waals surface area contributed by atoms with Crippen molar-refractivity contribution in [1.82, 2.24) is 20.2 Å². The van der Waals surface area contributed by atoms with Crippen LogP contribution < -0.4 is 15.4 Å². The van der Waals surface area contributed by atoms with Gasteiger partial charge in [-0.25, -0.2) is 0 Å². The highest BCUT2D eigenvalue weighted by atomic mass is 16.5. The van der Waals surface area contributed by atoms with Crippen LogP contribution in [0.1, 0.15) is 5.56 Å². The number of benzene rings is 2. The van der Waals surface area contributed by atoms with E-state index >= 15 is 0 Å². The number of para-hydroxylation sites is 1. The molecule has 140 valence electrons. The van der Waals surface area contributed by atoms with Crippen molar-refractivity contribution in [3.05, 3.63) is 72.6 Å². The van der Waals surface area contributed by atoms with Gasteiger partial charge in [0.15, 0.2) is 5.82 Å². The van der Waals surface area contributed by atoms with Gasteiger partial charge in [-0.3, -0.25) is 4.98 Å². The number of pyridine rings is 1. The molecule has 0 amide bonds. The summed E-state index contributed by atoms with van der Waals surface area (Å²) in [4.78, 5) is 8.92. The average molecular weight is 372 g/mol. The predicted molar refractivity (Wildman–Crippen MR) is 110 cm³/mol. The van der Waals surface area contributed by atoms with Crippen LogP contribution in [0.2, 0.25) is 0 Å². The first kappa shape index (κ1) is 17.7. The number of rotatable bonds is 7. The van der Waals surface area contributed by atoms with Crippen LogP contribution in [0.3, 0.4) is 0 Å². The number of ether oxygens (including phenoxy) is 1. The molecule has 2 heterocycles. The average Bonchev–Trinajstić information content (AvgIpc) is 2.74. The molecular weight excluding hydrogens is 352 g/mol. The van der Waals surface area contributed by atoms with Crippen LogP contribution in [0.25, 0.3) is 10.9 Å². The third-order valence-corrected chi connectivity index (χ3v) is 4.29. The van der Waals surface area contributed by atoms with E-state index < -0.39 is 0 Å². The van der Waals surface area contributed by atoms with Crippen molar-refractivity contribution in [2.24, 2.45) is 0 Å². The van der Waals surface area contributed by atoms with Crippen LogP contribution in [0.5, 0.6) is 5.75 Å². The van der Waals surface area contributed by atoms with E-state index in [1.165, 1.54) is 5.56 Å². The molecule has 0 saturated heterocycles. The summed E-state index contributed by atoms with van der Waals surface area (Å²) in [6.45, 7) is 0.723. The second kappa shape index (κ2) is 8.30. The highest BCUT2D eigenvalue weighted by Gasteiger charge is 2.05. The smallest absolute Gasteiger partial charge is 0.249 e. The number of fused-ring (bicyclic) bond motifs is 1. The van der Waals surface area contributed by atoms with Gasteiger partial charge < -0.3 is 15.4 Å². The highest BCUT2D eigenvalue weighted by Crippen LogP contribution is 2.23. The molecule has 2 N–H and O–H groups in total. The molecule has 0 aliphatic carbocycles. The van der Waals surface area contributed by atoms with Crippen molar-refractivity contribution in [3.8, 4) is 5.75 Å². The molecule has 0 spiro atoms. The Labute approximate surface area is 162 Å². The zero-order valence-corrected chi connectivity index (χ0v) is 15.5. The van der Waals surface area contributed by atoms with Crippen molar-refractivity contribution in [2.75, 3.05) is 24.3 Å².